The number of nitrogens with zero attached hydrogens (tertiary/aromatic N) is 6. The maximum atomic E-state index is 13.1. The molecule has 3 aromatic heterocycles. The van der Waals surface area contributed by atoms with E-state index in [1.54, 1.807) is 35.4 Å². The third kappa shape index (κ3) is 3.62. The van der Waals surface area contributed by atoms with E-state index in [0.29, 0.717) is 5.95 Å². The predicted molar refractivity (Wildman–Crippen MR) is 104 cm³/mol. The quantitative estimate of drug-likeness (QED) is 0.554. The van der Waals surface area contributed by atoms with E-state index in [4.69, 9.17) is 0 Å². The minimum atomic E-state index is -0.276. The van der Waals surface area contributed by atoms with Crippen LogP contribution in [0.1, 0.15) is 25.1 Å². The lowest BCUT2D eigenvalue weighted by molar-refractivity contribution is 0.627. The molecule has 0 spiro atoms. The van der Waals surface area contributed by atoms with Crippen LogP contribution < -0.4 is 5.32 Å². The highest BCUT2D eigenvalue weighted by atomic mass is 19.1. The summed E-state index contributed by atoms with van der Waals surface area (Å²) in [5.74, 6) is 0.265. The van der Waals surface area contributed by atoms with Crippen molar-refractivity contribution in [3.8, 4) is 16.9 Å². The van der Waals surface area contributed by atoms with Crippen molar-refractivity contribution in [2.75, 3.05) is 5.32 Å². The van der Waals surface area contributed by atoms with Gasteiger partial charge in [0.05, 0.1) is 29.3 Å². The van der Waals surface area contributed by atoms with Crippen LogP contribution in [0.5, 0.6) is 0 Å². The van der Waals surface area contributed by atoms with E-state index in [2.05, 4.69) is 32.4 Å². The molecule has 0 aliphatic rings. The van der Waals surface area contributed by atoms with Gasteiger partial charge < -0.3 is 5.32 Å². The average molecular weight is 377 g/mol. The van der Waals surface area contributed by atoms with Crippen molar-refractivity contribution >= 4 is 5.95 Å². The molecule has 8 heteroatoms. The molecule has 1 atom stereocenters. The Morgan fingerprint density at radius 2 is 1.89 bits per heavy atom. The number of hydrogen-bond acceptors (Lipinski definition) is 5. The third-order valence-electron chi connectivity index (χ3n) is 4.55. The number of anilines is 1. The van der Waals surface area contributed by atoms with Gasteiger partial charge in [0.1, 0.15) is 5.82 Å². The predicted octanol–water partition coefficient (Wildman–Crippen LogP) is 3.77. The molecule has 0 fully saturated rings. The van der Waals surface area contributed by atoms with Crippen molar-refractivity contribution < 1.29 is 4.39 Å². The fourth-order valence-corrected chi connectivity index (χ4v) is 3.05. The molecule has 7 nitrogen and oxygen atoms in total. The standard InChI is InChI=1S/C20H20FN7/c1-3-17(19-9-11-23-27(19)2)25-20-22-10-8-18(26-20)14-12-24-28(13-14)16-6-4-15(21)5-7-16/h4-13,17H,3H2,1-2H3,(H,22,25,26). The molecule has 142 valence electrons. The van der Waals surface area contributed by atoms with Crippen molar-refractivity contribution in [3.05, 3.63) is 72.7 Å². The van der Waals surface area contributed by atoms with E-state index in [1.807, 2.05) is 30.1 Å². The summed E-state index contributed by atoms with van der Waals surface area (Å²) in [5.41, 5.74) is 3.46. The van der Waals surface area contributed by atoms with Gasteiger partial charge in [-0.25, -0.2) is 19.0 Å². The lowest BCUT2D eigenvalue weighted by Crippen LogP contribution is -2.15. The molecular formula is C20H20FN7. The number of benzene rings is 1. The highest BCUT2D eigenvalue weighted by molar-refractivity contribution is 5.59. The lowest BCUT2D eigenvalue weighted by Gasteiger charge is -2.17. The van der Waals surface area contributed by atoms with Gasteiger partial charge in [-0.05, 0) is 42.8 Å². The molecular weight excluding hydrogens is 357 g/mol. The first-order valence-electron chi connectivity index (χ1n) is 9.02. The number of aromatic nitrogens is 6. The second kappa shape index (κ2) is 7.59. The molecule has 0 amide bonds. The molecule has 0 aliphatic heterocycles. The number of nitrogens with one attached hydrogen (secondary N) is 1. The Bertz CT molecular complexity index is 1070. The average Bonchev–Trinajstić information content (AvgIpc) is 3.36. The van der Waals surface area contributed by atoms with Crippen LogP contribution in [0.25, 0.3) is 16.9 Å². The fraction of sp³-hybridized carbons (Fsp3) is 0.200. The van der Waals surface area contributed by atoms with Crippen LogP contribution in [0.3, 0.4) is 0 Å². The van der Waals surface area contributed by atoms with Gasteiger partial charge in [0, 0.05) is 31.2 Å². The van der Waals surface area contributed by atoms with E-state index in [0.717, 1.165) is 29.1 Å². The minimum absolute atomic E-state index is 0.0599. The van der Waals surface area contributed by atoms with Crippen molar-refractivity contribution in [1.29, 1.82) is 0 Å². The number of halogens is 1. The Labute approximate surface area is 161 Å². The molecule has 4 aromatic rings. The van der Waals surface area contributed by atoms with Crippen LogP contribution in [-0.4, -0.2) is 29.5 Å². The van der Waals surface area contributed by atoms with Gasteiger partial charge in [-0.3, -0.25) is 4.68 Å². The van der Waals surface area contributed by atoms with Crippen molar-refractivity contribution in [2.45, 2.75) is 19.4 Å². The zero-order chi connectivity index (χ0) is 19.5. The first kappa shape index (κ1) is 17.8. The fourth-order valence-electron chi connectivity index (χ4n) is 3.05. The van der Waals surface area contributed by atoms with Crippen LogP contribution in [0.4, 0.5) is 10.3 Å². The molecule has 4 rings (SSSR count). The van der Waals surface area contributed by atoms with Gasteiger partial charge in [0.25, 0.3) is 0 Å². The largest absolute Gasteiger partial charge is 0.346 e. The second-order valence-corrected chi connectivity index (χ2v) is 6.40. The van der Waals surface area contributed by atoms with E-state index in [-0.39, 0.29) is 11.9 Å². The first-order chi connectivity index (χ1) is 13.6. The van der Waals surface area contributed by atoms with Gasteiger partial charge in [-0.2, -0.15) is 10.2 Å². The minimum Gasteiger partial charge on any atom is -0.346 e. The monoisotopic (exact) mass is 377 g/mol. The SMILES string of the molecule is CCC(Nc1nccc(-c2cnn(-c3ccc(F)cc3)c2)n1)c1ccnn1C. The molecule has 28 heavy (non-hydrogen) atoms. The summed E-state index contributed by atoms with van der Waals surface area (Å²) in [5, 5.41) is 12.0. The van der Waals surface area contributed by atoms with Crippen LogP contribution >= 0.6 is 0 Å². The molecule has 0 radical (unpaired) electrons. The Morgan fingerprint density at radius 1 is 1.07 bits per heavy atom. The van der Waals surface area contributed by atoms with Crippen LogP contribution in [0.2, 0.25) is 0 Å². The van der Waals surface area contributed by atoms with E-state index < -0.39 is 0 Å². The van der Waals surface area contributed by atoms with Gasteiger partial charge in [-0.15, -0.1) is 0 Å². The third-order valence-corrected chi connectivity index (χ3v) is 4.55. The molecule has 0 bridgehead atoms. The maximum absolute atomic E-state index is 13.1. The van der Waals surface area contributed by atoms with Gasteiger partial charge in [0.2, 0.25) is 5.95 Å². The van der Waals surface area contributed by atoms with Crippen LogP contribution in [-0.2, 0) is 7.05 Å². The van der Waals surface area contributed by atoms with Crippen molar-refractivity contribution in [2.24, 2.45) is 7.05 Å². The van der Waals surface area contributed by atoms with Crippen molar-refractivity contribution in [1.82, 2.24) is 29.5 Å². The Morgan fingerprint density at radius 3 is 2.61 bits per heavy atom. The number of aryl methyl sites for hydroxylation is 1. The molecule has 1 unspecified atom stereocenters. The smallest absolute Gasteiger partial charge is 0.223 e. The molecule has 0 saturated heterocycles. The Kier molecular flexibility index (Phi) is 4.84. The number of rotatable bonds is 6. The summed E-state index contributed by atoms with van der Waals surface area (Å²) in [4.78, 5) is 8.97. The molecule has 1 aromatic carbocycles. The Hall–Kier alpha value is -3.55. The summed E-state index contributed by atoms with van der Waals surface area (Å²) in [6, 6.07) is 10.1. The highest BCUT2D eigenvalue weighted by Crippen LogP contribution is 2.23. The molecule has 3 heterocycles. The summed E-state index contributed by atoms with van der Waals surface area (Å²) in [6.45, 7) is 2.10. The highest BCUT2D eigenvalue weighted by Gasteiger charge is 2.15. The van der Waals surface area contributed by atoms with E-state index >= 15 is 0 Å². The summed E-state index contributed by atoms with van der Waals surface area (Å²) < 4.78 is 16.7. The molecule has 0 aliphatic carbocycles. The van der Waals surface area contributed by atoms with E-state index in [9.17, 15) is 4.39 Å². The molecule has 1 N–H and O–H groups in total. The summed E-state index contributed by atoms with van der Waals surface area (Å²) in [6.07, 6.45) is 7.96. The van der Waals surface area contributed by atoms with E-state index in [1.165, 1.54) is 12.1 Å². The van der Waals surface area contributed by atoms with Crippen LogP contribution in [0, 0.1) is 5.82 Å². The number of hydrogen-bond donors (Lipinski definition) is 1. The molecule has 0 saturated carbocycles. The van der Waals surface area contributed by atoms with Crippen LogP contribution in [0.15, 0.2) is 61.2 Å². The zero-order valence-electron chi connectivity index (χ0n) is 15.6. The topological polar surface area (TPSA) is 73.5 Å². The lowest BCUT2D eigenvalue weighted by atomic mass is 10.1. The van der Waals surface area contributed by atoms with Gasteiger partial charge >= 0.3 is 0 Å². The first-order valence-corrected chi connectivity index (χ1v) is 9.02. The van der Waals surface area contributed by atoms with Gasteiger partial charge in [0.15, 0.2) is 0 Å². The van der Waals surface area contributed by atoms with Crippen molar-refractivity contribution in [3.63, 3.8) is 0 Å². The zero-order valence-corrected chi connectivity index (χ0v) is 15.6. The summed E-state index contributed by atoms with van der Waals surface area (Å²) in [7, 11) is 1.92. The Balaban J connectivity index is 1.57. The maximum Gasteiger partial charge on any atom is 0.223 e. The second-order valence-electron chi connectivity index (χ2n) is 6.40. The van der Waals surface area contributed by atoms with Gasteiger partial charge in [-0.1, -0.05) is 6.92 Å². The normalized spacial score (nSPS) is 12.1. The summed E-state index contributed by atoms with van der Waals surface area (Å²) >= 11 is 0.